The first kappa shape index (κ1) is 23.7. The maximum absolute atomic E-state index is 14.1. The molecule has 0 radical (unpaired) electrons. The molecule has 1 N–H and O–H groups in total. The van der Waals surface area contributed by atoms with Crippen LogP contribution in [0.15, 0.2) is 36.5 Å². The predicted octanol–water partition coefficient (Wildman–Crippen LogP) is 4.40. The van der Waals surface area contributed by atoms with E-state index in [4.69, 9.17) is 4.74 Å². The second-order valence-electron chi connectivity index (χ2n) is 9.49. The molecule has 8 heteroatoms. The van der Waals surface area contributed by atoms with E-state index in [9.17, 15) is 19.1 Å². The van der Waals surface area contributed by atoms with E-state index in [-0.39, 0.29) is 11.7 Å². The van der Waals surface area contributed by atoms with Crippen molar-refractivity contribution in [2.45, 2.75) is 52.6 Å². The fraction of sp³-hybridized carbons (Fsp3) is 0.423. The molecule has 3 heterocycles. The van der Waals surface area contributed by atoms with Gasteiger partial charge in [0.15, 0.2) is 0 Å². The minimum absolute atomic E-state index is 0.0176. The van der Waals surface area contributed by atoms with Gasteiger partial charge in [-0.05, 0) is 68.5 Å². The Labute approximate surface area is 198 Å². The predicted molar refractivity (Wildman–Crippen MR) is 126 cm³/mol. The van der Waals surface area contributed by atoms with Crippen molar-refractivity contribution in [2.75, 3.05) is 13.7 Å². The average molecular weight is 468 g/mol. The number of aliphatic carboxylic acids is 1. The number of fused-ring (bicyclic) bond motifs is 3. The Morgan fingerprint density at radius 3 is 2.79 bits per heavy atom. The first-order valence-corrected chi connectivity index (χ1v) is 11.5. The van der Waals surface area contributed by atoms with Crippen molar-refractivity contribution in [1.29, 1.82) is 0 Å². The Hall–Kier alpha value is -3.42. The van der Waals surface area contributed by atoms with E-state index in [1.807, 2.05) is 17.0 Å². The summed E-state index contributed by atoms with van der Waals surface area (Å²) in [6.45, 7) is 4.82. The van der Waals surface area contributed by atoms with Crippen LogP contribution in [0.3, 0.4) is 0 Å². The molecule has 0 saturated heterocycles. The van der Waals surface area contributed by atoms with Gasteiger partial charge in [0.25, 0.3) is 0 Å². The number of pyridine rings is 1. The SMILES string of the molecule is COc1cc(F)cc(Cn2c3c(c4cccnc42)CCN(C(=O)CCCC(C)(C)C(=O)O)C3)c1. The van der Waals surface area contributed by atoms with Crippen molar-refractivity contribution in [2.24, 2.45) is 5.41 Å². The number of benzene rings is 1. The summed E-state index contributed by atoms with van der Waals surface area (Å²) in [4.78, 5) is 30.7. The molecule has 180 valence electrons. The number of aromatic nitrogens is 2. The highest BCUT2D eigenvalue weighted by atomic mass is 19.1. The molecule has 0 spiro atoms. The van der Waals surface area contributed by atoms with E-state index < -0.39 is 11.4 Å². The van der Waals surface area contributed by atoms with Crippen LogP contribution in [0.25, 0.3) is 11.0 Å². The third-order valence-corrected chi connectivity index (χ3v) is 6.65. The number of carboxylic acid groups (broad SMARTS) is 1. The summed E-state index contributed by atoms with van der Waals surface area (Å²) in [5.74, 6) is -0.749. The number of hydrogen-bond acceptors (Lipinski definition) is 4. The Balaban J connectivity index is 1.58. The van der Waals surface area contributed by atoms with E-state index in [0.717, 1.165) is 22.3 Å². The van der Waals surface area contributed by atoms with Crippen LogP contribution in [0.1, 0.15) is 49.9 Å². The summed E-state index contributed by atoms with van der Waals surface area (Å²) >= 11 is 0. The smallest absolute Gasteiger partial charge is 0.309 e. The van der Waals surface area contributed by atoms with Crippen molar-refractivity contribution in [3.8, 4) is 5.75 Å². The molecular weight excluding hydrogens is 437 g/mol. The van der Waals surface area contributed by atoms with Gasteiger partial charge in [0, 0.05) is 42.9 Å². The third kappa shape index (κ3) is 4.76. The van der Waals surface area contributed by atoms with Gasteiger partial charge in [0.1, 0.15) is 17.2 Å². The van der Waals surface area contributed by atoms with Crippen LogP contribution in [0.4, 0.5) is 4.39 Å². The van der Waals surface area contributed by atoms with Crippen LogP contribution in [0, 0.1) is 11.2 Å². The number of ether oxygens (including phenoxy) is 1. The molecule has 7 nitrogen and oxygen atoms in total. The van der Waals surface area contributed by atoms with E-state index in [0.29, 0.717) is 51.1 Å². The van der Waals surface area contributed by atoms with Crippen LogP contribution in [0.2, 0.25) is 0 Å². The zero-order chi connectivity index (χ0) is 24.5. The summed E-state index contributed by atoms with van der Waals surface area (Å²) in [7, 11) is 1.51. The van der Waals surface area contributed by atoms with Gasteiger partial charge in [0.05, 0.1) is 19.1 Å². The number of nitrogens with zero attached hydrogens (tertiary/aromatic N) is 3. The van der Waals surface area contributed by atoms with Crippen LogP contribution >= 0.6 is 0 Å². The van der Waals surface area contributed by atoms with Gasteiger partial charge < -0.3 is 19.3 Å². The Morgan fingerprint density at radius 1 is 1.26 bits per heavy atom. The highest BCUT2D eigenvalue weighted by Crippen LogP contribution is 2.32. The fourth-order valence-corrected chi connectivity index (χ4v) is 4.60. The fourth-order valence-electron chi connectivity index (χ4n) is 4.60. The molecule has 1 aliphatic heterocycles. The van der Waals surface area contributed by atoms with Crippen molar-refractivity contribution >= 4 is 22.9 Å². The summed E-state index contributed by atoms with van der Waals surface area (Å²) in [5, 5.41) is 10.4. The van der Waals surface area contributed by atoms with Crippen LogP contribution in [-0.2, 0) is 29.1 Å². The first-order valence-electron chi connectivity index (χ1n) is 11.5. The van der Waals surface area contributed by atoms with Crippen LogP contribution < -0.4 is 4.74 Å². The topological polar surface area (TPSA) is 84.7 Å². The zero-order valence-corrected chi connectivity index (χ0v) is 19.8. The van der Waals surface area contributed by atoms with E-state index in [1.165, 1.54) is 24.8 Å². The van der Waals surface area contributed by atoms with Gasteiger partial charge >= 0.3 is 5.97 Å². The van der Waals surface area contributed by atoms with Crippen LogP contribution in [-0.4, -0.2) is 45.1 Å². The molecule has 0 aliphatic carbocycles. The van der Waals surface area contributed by atoms with Gasteiger partial charge in [-0.25, -0.2) is 9.37 Å². The van der Waals surface area contributed by atoms with E-state index >= 15 is 0 Å². The molecule has 0 fully saturated rings. The third-order valence-electron chi connectivity index (χ3n) is 6.65. The number of hydrogen-bond donors (Lipinski definition) is 1. The maximum atomic E-state index is 14.1. The second-order valence-corrected chi connectivity index (χ2v) is 9.49. The van der Waals surface area contributed by atoms with E-state index in [2.05, 4.69) is 9.55 Å². The largest absolute Gasteiger partial charge is 0.497 e. The summed E-state index contributed by atoms with van der Waals surface area (Å²) in [6, 6.07) is 8.58. The summed E-state index contributed by atoms with van der Waals surface area (Å²) in [6.07, 6.45) is 3.73. The molecule has 0 saturated carbocycles. The number of amides is 1. The average Bonchev–Trinajstić information content (AvgIpc) is 3.11. The van der Waals surface area contributed by atoms with Gasteiger partial charge in [-0.15, -0.1) is 0 Å². The van der Waals surface area contributed by atoms with Crippen molar-refractivity contribution < 1.29 is 23.8 Å². The monoisotopic (exact) mass is 467 g/mol. The molecule has 1 amide bonds. The standard InChI is InChI=1S/C26H30FN3O4/c1-26(2,25(32)33)9-4-7-23(31)29-11-8-20-21-6-5-10-28-24(21)30(22(20)16-29)15-17-12-18(27)14-19(13-17)34-3/h5-6,10,12-14H,4,7-9,11,15-16H2,1-3H3,(H,32,33). The molecule has 0 atom stereocenters. The van der Waals surface area contributed by atoms with E-state index in [1.54, 1.807) is 26.1 Å². The minimum Gasteiger partial charge on any atom is -0.497 e. The van der Waals surface area contributed by atoms with Crippen molar-refractivity contribution in [3.63, 3.8) is 0 Å². The lowest BCUT2D eigenvalue weighted by molar-refractivity contribution is -0.147. The summed E-state index contributed by atoms with van der Waals surface area (Å²) < 4.78 is 21.4. The zero-order valence-electron chi connectivity index (χ0n) is 19.8. The van der Waals surface area contributed by atoms with Gasteiger partial charge in [-0.3, -0.25) is 9.59 Å². The van der Waals surface area contributed by atoms with Crippen molar-refractivity contribution in [3.05, 3.63) is 59.2 Å². The number of methoxy groups -OCH3 is 1. The lowest BCUT2D eigenvalue weighted by Crippen LogP contribution is -2.36. The number of rotatable bonds is 8. The number of carboxylic acids is 1. The Bertz CT molecular complexity index is 1230. The Kier molecular flexibility index (Phi) is 6.59. The molecule has 4 rings (SSSR count). The number of halogens is 1. The molecular formula is C26H30FN3O4. The van der Waals surface area contributed by atoms with Crippen molar-refractivity contribution in [1.82, 2.24) is 14.5 Å². The normalized spacial score (nSPS) is 13.7. The molecule has 34 heavy (non-hydrogen) atoms. The van der Waals surface area contributed by atoms with Gasteiger partial charge in [-0.2, -0.15) is 0 Å². The lowest BCUT2D eigenvalue weighted by atomic mass is 9.87. The minimum atomic E-state index is -0.853. The molecule has 1 aliphatic rings. The maximum Gasteiger partial charge on any atom is 0.309 e. The Morgan fingerprint density at radius 2 is 2.06 bits per heavy atom. The molecule has 2 aromatic heterocycles. The first-order chi connectivity index (χ1) is 16.2. The van der Waals surface area contributed by atoms with Gasteiger partial charge in [-0.1, -0.05) is 0 Å². The molecule has 0 bridgehead atoms. The lowest BCUT2D eigenvalue weighted by Gasteiger charge is -2.29. The second kappa shape index (κ2) is 9.44. The molecule has 3 aromatic rings. The highest BCUT2D eigenvalue weighted by Gasteiger charge is 2.29. The highest BCUT2D eigenvalue weighted by molar-refractivity contribution is 5.84. The molecule has 0 unspecified atom stereocenters. The summed E-state index contributed by atoms with van der Waals surface area (Å²) in [5.41, 5.74) is 2.89. The quantitative estimate of drug-likeness (QED) is 0.531. The van der Waals surface area contributed by atoms with Gasteiger partial charge in [0.2, 0.25) is 5.91 Å². The number of carbonyl (C=O) groups excluding carboxylic acids is 1. The molecule has 1 aromatic carbocycles. The number of carbonyl (C=O) groups is 2. The van der Waals surface area contributed by atoms with Crippen LogP contribution in [0.5, 0.6) is 5.75 Å².